The fourth-order valence-corrected chi connectivity index (χ4v) is 2.97. The Morgan fingerprint density at radius 3 is 3.00 bits per heavy atom. The van der Waals surface area contributed by atoms with Gasteiger partial charge in [-0.25, -0.2) is 4.99 Å². The summed E-state index contributed by atoms with van der Waals surface area (Å²) in [4.78, 5) is 12.4. The first kappa shape index (κ1) is 19.4. The number of ether oxygens (including phenoxy) is 1. The molecule has 2 aromatic heterocycles. The van der Waals surface area contributed by atoms with Gasteiger partial charge in [-0.1, -0.05) is 11.2 Å². The highest BCUT2D eigenvalue weighted by Crippen LogP contribution is 2.13. The number of likely N-dealkylation sites (N-methyl/N-ethyl adjacent to an activating group) is 1. The van der Waals surface area contributed by atoms with Crippen LogP contribution >= 0.6 is 11.3 Å². The summed E-state index contributed by atoms with van der Waals surface area (Å²) in [5, 5.41) is 9.36. The Balaban J connectivity index is 1.94. The van der Waals surface area contributed by atoms with Gasteiger partial charge in [0, 0.05) is 31.6 Å². The predicted molar refractivity (Wildman–Crippen MR) is 99.8 cm³/mol. The third kappa shape index (κ3) is 6.13. The van der Waals surface area contributed by atoms with E-state index >= 15 is 0 Å². The van der Waals surface area contributed by atoms with Gasteiger partial charge in [-0.2, -0.15) is 4.98 Å². The van der Waals surface area contributed by atoms with E-state index in [4.69, 9.17) is 9.26 Å². The van der Waals surface area contributed by atoms with Crippen LogP contribution in [-0.2, 0) is 17.7 Å². The maximum absolute atomic E-state index is 5.47. The van der Waals surface area contributed by atoms with E-state index in [1.54, 1.807) is 11.3 Å². The largest absolute Gasteiger partial charge is 0.371 e. The fourth-order valence-electron chi connectivity index (χ4n) is 2.27. The molecule has 0 radical (unpaired) electrons. The van der Waals surface area contributed by atoms with Crippen LogP contribution in [-0.4, -0.2) is 47.7 Å². The minimum Gasteiger partial charge on any atom is -0.371 e. The lowest BCUT2D eigenvalue weighted by Gasteiger charge is -2.21. The molecule has 138 valence electrons. The van der Waals surface area contributed by atoms with E-state index in [0.717, 1.165) is 25.5 Å². The fraction of sp³-hybridized carbons (Fsp3) is 0.588. The number of thiophene rings is 1. The summed E-state index contributed by atoms with van der Waals surface area (Å²) in [6.45, 7) is 8.55. The Bertz CT molecular complexity index is 641. The molecule has 0 bridgehead atoms. The molecule has 1 unspecified atom stereocenters. The van der Waals surface area contributed by atoms with Gasteiger partial charge >= 0.3 is 0 Å². The molecule has 1 atom stereocenters. The van der Waals surface area contributed by atoms with Crippen LogP contribution in [0.3, 0.4) is 0 Å². The summed E-state index contributed by atoms with van der Waals surface area (Å²) in [6.07, 6.45) is 0.822. The summed E-state index contributed by atoms with van der Waals surface area (Å²) in [5.74, 6) is 1.88. The zero-order valence-electron chi connectivity index (χ0n) is 15.4. The maximum atomic E-state index is 5.47. The van der Waals surface area contributed by atoms with Crippen LogP contribution in [0.15, 0.2) is 27.0 Å². The third-order valence-corrected chi connectivity index (χ3v) is 4.53. The summed E-state index contributed by atoms with van der Waals surface area (Å²) >= 11 is 1.78. The van der Waals surface area contributed by atoms with E-state index < -0.39 is 0 Å². The van der Waals surface area contributed by atoms with E-state index in [1.807, 2.05) is 20.9 Å². The van der Waals surface area contributed by atoms with Crippen LogP contribution in [0.25, 0.3) is 0 Å². The molecule has 0 spiro atoms. The predicted octanol–water partition coefficient (Wildman–Crippen LogP) is 2.87. The Kier molecular flexibility index (Phi) is 7.87. The van der Waals surface area contributed by atoms with Crippen LogP contribution in [0.1, 0.15) is 43.5 Å². The monoisotopic (exact) mass is 365 g/mol. The molecule has 0 amide bonds. The summed E-state index contributed by atoms with van der Waals surface area (Å²) in [5.41, 5.74) is 0. The second kappa shape index (κ2) is 10.1. The van der Waals surface area contributed by atoms with Gasteiger partial charge in [0.15, 0.2) is 11.8 Å². The number of hydrogen-bond acceptors (Lipinski definition) is 6. The molecule has 2 aromatic rings. The highest BCUT2D eigenvalue weighted by atomic mass is 32.1. The number of nitrogens with zero attached hydrogens (tertiary/aromatic N) is 4. The average molecular weight is 366 g/mol. The third-order valence-electron chi connectivity index (χ3n) is 3.60. The molecule has 1 N–H and O–H groups in total. The van der Waals surface area contributed by atoms with E-state index in [2.05, 4.69) is 49.8 Å². The topological polar surface area (TPSA) is 75.8 Å². The molecule has 0 fully saturated rings. The second-order valence-electron chi connectivity index (χ2n) is 5.56. The first-order chi connectivity index (χ1) is 12.1. The van der Waals surface area contributed by atoms with Gasteiger partial charge < -0.3 is 19.5 Å². The average Bonchev–Trinajstić information content (AvgIpc) is 3.28. The molecule has 25 heavy (non-hydrogen) atoms. The Hall–Kier alpha value is -1.93. The summed E-state index contributed by atoms with van der Waals surface area (Å²) in [7, 11) is 2.03. The van der Waals surface area contributed by atoms with Crippen molar-refractivity contribution in [3.63, 3.8) is 0 Å². The normalized spacial score (nSPS) is 13.0. The van der Waals surface area contributed by atoms with Crippen LogP contribution in [0.2, 0.25) is 0 Å². The number of aliphatic imine (C=N–C) groups is 1. The van der Waals surface area contributed by atoms with Gasteiger partial charge in [0.2, 0.25) is 5.89 Å². The van der Waals surface area contributed by atoms with Gasteiger partial charge in [-0.05, 0) is 38.6 Å². The molecule has 8 heteroatoms. The van der Waals surface area contributed by atoms with Crippen molar-refractivity contribution in [2.75, 3.05) is 26.7 Å². The van der Waals surface area contributed by atoms with Crippen molar-refractivity contribution in [2.45, 2.75) is 39.8 Å². The lowest BCUT2D eigenvalue weighted by Crippen LogP contribution is -2.39. The Labute approximate surface area is 153 Å². The van der Waals surface area contributed by atoms with Crippen LogP contribution in [0.5, 0.6) is 0 Å². The number of guanidine groups is 1. The molecule has 2 heterocycles. The quantitative estimate of drug-likeness (QED) is 0.544. The summed E-state index contributed by atoms with van der Waals surface area (Å²) in [6, 6.07) is 4.23. The lowest BCUT2D eigenvalue weighted by molar-refractivity contribution is 0.0683. The van der Waals surface area contributed by atoms with Crippen LogP contribution in [0.4, 0.5) is 0 Å². The summed E-state index contributed by atoms with van der Waals surface area (Å²) < 4.78 is 10.7. The van der Waals surface area contributed by atoms with E-state index in [9.17, 15) is 0 Å². The van der Waals surface area contributed by atoms with Crippen molar-refractivity contribution >= 4 is 17.3 Å². The van der Waals surface area contributed by atoms with Gasteiger partial charge in [0.05, 0.1) is 0 Å². The molecule has 2 rings (SSSR count). The van der Waals surface area contributed by atoms with Crippen molar-refractivity contribution in [2.24, 2.45) is 4.99 Å². The van der Waals surface area contributed by atoms with E-state index in [1.165, 1.54) is 4.88 Å². The van der Waals surface area contributed by atoms with Crippen molar-refractivity contribution < 1.29 is 9.26 Å². The molecule has 0 saturated carbocycles. The second-order valence-corrected chi connectivity index (χ2v) is 6.60. The van der Waals surface area contributed by atoms with Crippen molar-refractivity contribution in [1.29, 1.82) is 0 Å². The first-order valence-corrected chi connectivity index (χ1v) is 9.47. The standard InChI is InChI=1S/C17H27N5O2S/c1-5-18-17(22(4)10-9-14-8-7-11-25-14)19-12-15-20-16(21-24-15)13(3)23-6-2/h7-8,11,13H,5-6,9-10,12H2,1-4H3,(H,18,19). The number of aromatic nitrogens is 2. The van der Waals surface area contributed by atoms with Crippen LogP contribution < -0.4 is 5.32 Å². The first-order valence-electron chi connectivity index (χ1n) is 8.59. The highest BCUT2D eigenvalue weighted by Gasteiger charge is 2.14. The van der Waals surface area contributed by atoms with Crippen LogP contribution in [0, 0.1) is 0 Å². The smallest absolute Gasteiger partial charge is 0.248 e. The van der Waals surface area contributed by atoms with Gasteiger partial charge in [-0.3, -0.25) is 0 Å². The van der Waals surface area contributed by atoms with Gasteiger partial charge in [0.1, 0.15) is 12.6 Å². The van der Waals surface area contributed by atoms with Crippen molar-refractivity contribution in [1.82, 2.24) is 20.4 Å². The minimum absolute atomic E-state index is 0.173. The Morgan fingerprint density at radius 1 is 1.48 bits per heavy atom. The zero-order chi connectivity index (χ0) is 18.1. The zero-order valence-corrected chi connectivity index (χ0v) is 16.2. The lowest BCUT2D eigenvalue weighted by atomic mass is 10.3. The molecular formula is C17H27N5O2S. The van der Waals surface area contributed by atoms with E-state index in [-0.39, 0.29) is 6.10 Å². The molecule has 0 aliphatic rings. The molecule has 7 nitrogen and oxygen atoms in total. The number of rotatable bonds is 9. The highest BCUT2D eigenvalue weighted by molar-refractivity contribution is 7.09. The molecule has 0 aliphatic heterocycles. The molecule has 0 aliphatic carbocycles. The van der Waals surface area contributed by atoms with E-state index in [0.29, 0.717) is 24.9 Å². The van der Waals surface area contributed by atoms with Gasteiger partial charge in [0.25, 0.3) is 0 Å². The number of hydrogen-bond donors (Lipinski definition) is 1. The number of nitrogens with one attached hydrogen (secondary N) is 1. The van der Waals surface area contributed by atoms with Crippen molar-refractivity contribution in [3.8, 4) is 0 Å². The molecule has 0 aromatic carbocycles. The minimum atomic E-state index is -0.173. The SMILES string of the molecule is CCNC(=NCc1nc(C(C)OCC)no1)N(C)CCc1cccs1. The van der Waals surface area contributed by atoms with Gasteiger partial charge in [-0.15, -0.1) is 11.3 Å². The Morgan fingerprint density at radius 2 is 2.32 bits per heavy atom. The van der Waals surface area contributed by atoms with Crippen molar-refractivity contribution in [3.05, 3.63) is 34.1 Å². The molecular weight excluding hydrogens is 338 g/mol. The maximum Gasteiger partial charge on any atom is 0.248 e. The molecule has 0 saturated heterocycles.